The molecule has 0 aliphatic rings. The SMILES string of the molecule is CCOC(C)CNC(C)Cc1ccsc1. The van der Waals surface area contributed by atoms with E-state index in [4.69, 9.17) is 4.74 Å². The minimum absolute atomic E-state index is 0.305. The van der Waals surface area contributed by atoms with E-state index in [0.717, 1.165) is 19.6 Å². The monoisotopic (exact) mass is 227 g/mol. The smallest absolute Gasteiger partial charge is 0.0671 e. The van der Waals surface area contributed by atoms with Crippen molar-refractivity contribution in [2.45, 2.75) is 39.3 Å². The number of hydrogen-bond donors (Lipinski definition) is 1. The maximum absolute atomic E-state index is 5.47. The quantitative estimate of drug-likeness (QED) is 0.773. The topological polar surface area (TPSA) is 21.3 Å². The van der Waals surface area contributed by atoms with E-state index in [1.165, 1.54) is 5.56 Å². The number of hydrogen-bond acceptors (Lipinski definition) is 3. The molecule has 1 heterocycles. The molecular weight excluding hydrogens is 206 g/mol. The molecule has 0 radical (unpaired) electrons. The fraction of sp³-hybridized carbons (Fsp3) is 0.667. The Hall–Kier alpha value is -0.380. The van der Waals surface area contributed by atoms with Gasteiger partial charge in [0.15, 0.2) is 0 Å². The summed E-state index contributed by atoms with van der Waals surface area (Å²) in [5, 5.41) is 7.83. The van der Waals surface area contributed by atoms with Crippen LogP contribution >= 0.6 is 11.3 Å². The van der Waals surface area contributed by atoms with Crippen molar-refractivity contribution < 1.29 is 4.74 Å². The average Bonchev–Trinajstić information content (AvgIpc) is 2.68. The first-order chi connectivity index (χ1) is 7.22. The number of rotatable bonds is 7. The lowest BCUT2D eigenvalue weighted by Gasteiger charge is -2.17. The minimum atomic E-state index is 0.305. The number of thiophene rings is 1. The Labute approximate surface area is 96.7 Å². The summed E-state index contributed by atoms with van der Waals surface area (Å²) < 4.78 is 5.47. The van der Waals surface area contributed by atoms with E-state index in [-0.39, 0.29) is 0 Å². The summed E-state index contributed by atoms with van der Waals surface area (Å²) >= 11 is 1.76. The van der Waals surface area contributed by atoms with Crippen molar-refractivity contribution in [3.63, 3.8) is 0 Å². The van der Waals surface area contributed by atoms with Crippen LogP contribution in [-0.2, 0) is 11.2 Å². The maximum Gasteiger partial charge on any atom is 0.0671 e. The van der Waals surface area contributed by atoms with Gasteiger partial charge in [-0.05, 0) is 49.6 Å². The molecule has 0 amide bonds. The van der Waals surface area contributed by atoms with E-state index < -0.39 is 0 Å². The second kappa shape index (κ2) is 6.99. The lowest BCUT2D eigenvalue weighted by atomic mass is 10.1. The van der Waals surface area contributed by atoms with Crippen molar-refractivity contribution in [3.05, 3.63) is 22.4 Å². The van der Waals surface area contributed by atoms with Gasteiger partial charge in [-0.2, -0.15) is 11.3 Å². The van der Waals surface area contributed by atoms with E-state index in [2.05, 4.69) is 36.0 Å². The molecule has 86 valence electrons. The van der Waals surface area contributed by atoms with Crippen molar-refractivity contribution >= 4 is 11.3 Å². The fourth-order valence-electron chi connectivity index (χ4n) is 1.55. The molecule has 0 saturated carbocycles. The predicted octanol–water partition coefficient (Wildman–Crippen LogP) is 2.69. The highest BCUT2D eigenvalue weighted by molar-refractivity contribution is 7.07. The van der Waals surface area contributed by atoms with Gasteiger partial charge < -0.3 is 10.1 Å². The summed E-state index contributed by atoms with van der Waals surface area (Å²) in [7, 11) is 0. The molecule has 0 fully saturated rings. The largest absolute Gasteiger partial charge is 0.377 e. The van der Waals surface area contributed by atoms with E-state index >= 15 is 0 Å². The standard InChI is InChI=1S/C12H21NOS/c1-4-14-11(3)8-13-10(2)7-12-5-6-15-9-12/h5-6,9-11,13H,4,7-8H2,1-3H3. The second-order valence-corrected chi connectivity index (χ2v) is 4.69. The van der Waals surface area contributed by atoms with Crippen LogP contribution in [0.5, 0.6) is 0 Å². The van der Waals surface area contributed by atoms with Crippen LogP contribution in [-0.4, -0.2) is 25.3 Å². The van der Waals surface area contributed by atoms with Crippen LogP contribution in [0.15, 0.2) is 16.8 Å². The molecule has 0 aliphatic heterocycles. The van der Waals surface area contributed by atoms with E-state index in [9.17, 15) is 0 Å². The van der Waals surface area contributed by atoms with Gasteiger partial charge in [-0.3, -0.25) is 0 Å². The summed E-state index contributed by atoms with van der Waals surface area (Å²) in [6.45, 7) is 8.08. The van der Waals surface area contributed by atoms with Gasteiger partial charge in [-0.15, -0.1) is 0 Å². The first kappa shape index (κ1) is 12.7. The third kappa shape index (κ3) is 5.30. The van der Waals surface area contributed by atoms with E-state index in [1.807, 2.05) is 6.92 Å². The summed E-state index contributed by atoms with van der Waals surface area (Å²) in [5.41, 5.74) is 1.42. The molecule has 1 aromatic rings. The first-order valence-electron chi connectivity index (χ1n) is 5.58. The van der Waals surface area contributed by atoms with Crippen LogP contribution < -0.4 is 5.32 Å². The van der Waals surface area contributed by atoms with Crippen LogP contribution in [0.3, 0.4) is 0 Å². The molecule has 3 heteroatoms. The molecule has 1 N–H and O–H groups in total. The lowest BCUT2D eigenvalue weighted by Crippen LogP contribution is -2.34. The third-order valence-electron chi connectivity index (χ3n) is 2.33. The molecule has 0 spiro atoms. The van der Waals surface area contributed by atoms with Crippen LogP contribution in [0.1, 0.15) is 26.3 Å². The predicted molar refractivity (Wildman–Crippen MR) is 66.6 cm³/mol. The van der Waals surface area contributed by atoms with Crippen molar-refractivity contribution in [2.24, 2.45) is 0 Å². The molecule has 0 aromatic carbocycles. The molecule has 1 rings (SSSR count). The van der Waals surface area contributed by atoms with Crippen molar-refractivity contribution in [1.82, 2.24) is 5.32 Å². The first-order valence-corrected chi connectivity index (χ1v) is 6.52. The average molecular weight is 227 g/mol. The highest BCUT2D eigenvalue weighted by atomic mass is 32.1. The van der Waals surface area contributed by atoms with Gasteiger partial charge in [0, 0.05) is 19.2 Å². The third-order valence-corrected chi connectivity index (χ3v) is 3.06. The van der Waals surface area contributed by atoms with Gasteiger partial charge >= 0.3 is 0 Å². The normalized spacial score (nSPS) is 15.1. The van der Waals surface area contributed by atoms with Crippen LogP contribution in [0.4, 0.5) is 0 Å². The van der Waals surface area contributed by atoms with Gasteiger partial charge in [-0.25, -0.2) is 0 Å². The van der Waals surface area contributed by atoms with Gasteiger partial charge in [0.05, 0.1) is 6.10 Å². The molecule has 0 saturated heterocycles. The molecular formula is C12H21NOS. The fourth-order valence-corrected chi connectivity index (χ4v) is 2.23. The van der Waals surface area contributed by atoms with Crippen LogP contribution in [0.2, 0.25) is 0 Å². The zero-order valence-corrected chi connectivity index (χ0v) is 10.6. The molecule has 0 aliphatic carbocycles. The Morgan fingerprint density at radius 2 is 2.27 bits per heavy atom. The minimum Gasteiger partial charge on any atom is -0.377 e. The van der Waals surface area contributed by atoms with Crippen LogP contribution in [0.25, 0.3) is 0 Å². The number of ether oxygens (including phenoxy) is 1. The van der Waals surface area contributed by atoms with Gasteiger partial charge in [0.1, 0.15) is 0 Å². The Kier molecular flexibility index (Phi) is 5.91. The van der Waals surface area contributed by atoms with Gasteiger partial charge in [0.25, 0.3) is 0 Å². The Morgan fingerprint density at radius 3 is 2.87 bits per heavy atom. The Balaban J connectivity index is 2.16. The summed E-state index contributed by atoms with van der Waals surface area (Å²) in [6.07, 6.45) is 1.41. The molecule has 0 bridgehead atoms. The molecule has 1 aromatic heterocycles. The van der Waals surface area contributed by atoms with Crippen LogP contribution in [0, 0.1) is 0 Å². The number of nitrogens with one attached hydrogen (secondary N) is 1. The van der Waals surface area contributed by atoms with Crippen molar-refractivity contribution in [2.75, 3.05) is 13.2 Å². The zero-order chi connectivity index (χ0) is 11.1. The molecule has 2 unspecified atom stereocenters. The molecule has 15 heavy (non-hydrogen) atoms. The Bertz CT molecular complexity index is 248. The van der Waals surface area contributed by atoms with Gasteiger partial charge in [-0.1, -0.05) is 0 Å². The second-order valence-electron chi connectivity index (χ2n) is 3.91. The summed E-state index contributed by atoms with van der Waals surface area (Å²) in [5.74, 6) is 0. The highest BCUT2D eigenvalue weighted by Crippen LogP contribution is 2.08. The summed E-state index contributed by atoms with van der Waals surface area (Å²) in [4.78, 5) is 0. The Morgan fingerprint density at radius 1 is 1.47 bits per heavy atom. The highest BCUT2D eigenvalue weighted by Gasteiger charge is 2.06. The van der Waals surface area contributed by atoms with E-state index in [1.54, 1.807) is 11.3 Å². The van der Waals surface area contributed by atoms with Crippen molar-refractivity contribution in [3.8, 4) is 0 Å². The molecule has 2 atom stereocenters. The zero-order valence-electron chi connectivity index (χ0n) is 9.82. The lowest BCUT2D eigenvalue weighted by molar-refractivity contribution is 0.0743. The summed E-state index contributed by atoms with van der Waals surface area (Å²) in [6, 6.07) is 2.71. The van der Waals surface area contributed by atoms with Gasteiger partial charge in [0.2, 0.25) is 0 Å². The molecule has 2 nitrogen and oxygen atoms in total. The van der Waals surface area contributed by atoms with E-state index in [0.29, 0.717) is 12.1 Å². The maximum atomic E-state index is 5.47. The van der Waals surface area contributed by atoms with Crippen molar-refractivity contribution in [1.29, 1.82) is 0 Å².